The summed E-state index contributed by atoms with van der Waals surface area (Å²) in [5.41, 5.74) is 0. The lowest BCUT2D eigenvalue weighted by atomic mass is 10.2. The van der Waals surface area contributed by atoms with Gasteiger partial charge in [-0.1, -0.05) is 6.92 Å². The highest BCUT2D eigenvalue weighted by molar-refractivity contribution is 5.80. The summed E-state index contributed by atoms with van der Waals surface area (Å²) in [5, 5.41) is 6.63. The number of nitrogens with one attached hydrogen (secondary N) is 2. The summed E-state index contributed by atoms with van der Waals surface area (Å²) in [6.45, 7) is 5.91. The molecule has 0 aromatic carbocycles. The van der Waals surface area contributed by atoms with Gasteiger partial charge in [0.2, 0.25) is 0 Å². The number of carbonyl (C=O) groups is 1. The van der Waals surface area contributed by atoms with Crippen molar-refractivity contribution in [2.45, 2.75) is 45.6 Å². The second-order valence-corrected chi connectivity index (χ2v) is 4.76. The van der Waals surface area contributed by atoms with E-state index in [2.05, 4.69) is 34.2 Å². The maximum absolute atomic E-state index is 10.9. The molecule has 0 spiro atoms. The zero-order valence-electron chi connectivity index (χ0n) is 11.7. The van der Waals surface area contributed by atoms with Crippen LogP contribution in [-0.4, -0.2) is 38.2 Å². The maximum atomic E-state index is 10.9. The summed E-state index contributed by atoms with van der Waals surface area (Å²) in [4.78, 5) is 15.4. The number of unbranched alkanes of at least 4 members (excludes halogenated alkanes) is 1. The first-order valence-electron chi connectivity index (χ1n) is 6.79. The van der Waals surface area contributed by atoms with E-state index in [0.29, 0.717) is 12.5 Å². The van der Waals surface area contributed by atoms with E-state index < -0.39 is 0 Å². The summed E-state index contributed by atoms with van der Waals surface area (Å²) in [7, 11) is 1.42. The Morgan fingerprint density at radius 2 is 2.17 bits per heavy atom. The molecule has 0 aliphatic heterocycles. The van der Waals surface area contributed by atoms with Gasteiger partial charge in [-0.05, 0) is 32.1 Å². The smallest absolute Gasteiger partial charge is 0.305 e. The summed E-state index contributed by atoms with van der Waals surface area (Å²) in [5.74, 6) is 1.51. The molecule has 0 heterocycles. The van der Waals surface area contributed by atoms with Crippen LogP contribution in [0.1, 0.15) is 39.5 Å². The number of hydrogen-bond acceptors (Lipinski definition) is 3. The van der Waals surface area contributed by atoms with Gasteiger partial charge in [-0.2, -0.15) is 0 Å². The van der Waals surface area contributed by atoms with E-state index in [9.17, 15) is 4.79 Å². The second-order valence-electron chi connectivity index (χ2n) is 4.76. The number of carbonyl (C=O) groups excluding carboxylic acids is 1. The molecule has 0 aromatic heterocycles. The molecule has 5 nitrogen and oxygen atoms in total. The number of hydrogen-bond donors (Lipinski definition) is 2. The van der Waals surface area contributed by atoms with Crippen LogP contribution in [0.5, 0.6) is 0 Å². The normalized spacial score (nSPS) is 22.5. The number of esters is 1. The molecule has 2 N–H and O–H groups in total. The molecule has 1 aliphatic carbocycles. The van der Waals surface area contributed by atoms with Gasteiger partial charge >= 0.3 is 5.97 Å². The number of methoxy groups -OCH3 is 1. The summed E-state index contributed by atoms with van der Waals surface area (Å²) >= 11 is 0. The van der Waals surface area contributed by atoms with Gasteiger partial charge in [0.1, 0.15) is 0 Å². The number of guanidine groups is 1. The summed E-state index contributed by atoms with van der Waals surface area (Å²) in [6.07, 6.45) is 3.45. The highest BCUT2D eigenvalue weighted by atomic mass is 16.5. The van der Waals surface area contributed by atoms with Gasteiger partial charge in [0.05, 0.1) is 7.11 Å². The van der Waals surface area contributed by atoms with Gasteiger partial charge in [-0.25, -0.2) is 0 Å². The lowest BCUT2D eigenvalue weighted by Crippen LogP contribution is -2.39. The van der Waals surface area contributed by atoms with Crippen molar-refractivity contribution >= 4 is 11.9 Å². The number of nitrogens with zero attached hydrogens (tertiary/aromatic N) is 1. The third-order valence-corrected chi connectivity index (χ3v) is 3.06. The second kappa shape index (κ2) is 7.95. The average Bonchev–Trinajstić information content (AvgIpc) is 3.04. The minimum absolute atomic E-state index is 0.143. The third-order valence-electron chi connectivity index (χ3n) is 3.06. The lowest BCUT2D eigenvalue weighted by Gasteiger charge is -2.10. The maximum Gasteiger partial charge on any atom is 0.305 e. The van der Waals surface area contributed by atoms with Gasteiger partial charge in [0, 0.05) is 25.6 Å². The van der Waals surface area contributed by atoms with Crippen LogP contribution < -0.4 is 10.6 Å². The van der Waals surface area contributed by atoms with Crippen molar-refractivity contribution in [3.63, 3.8) is 0 Å². The van der Waals surface area contributed by atoms with Crippen molar-refractivity contribution < 1.29 is 9.53 Å². The molecule has 0 bridgehead atoms. The van der Waals surface area contributed by atoms with Crippen LogP contribution in [0.25, 0.3) is 0 Å². The largest absolute Gasteiger partial charge is 0.469 e. The van der Waals surface area contributed by atoms with E-state index in [0.717, 1.165) is 37.8 Å². The zero-order chi connectivity index (χ0) is 13.4. The molecule has 0 aromatic rings. The Morgan fingerprint density at radius 3 is 2.72 bits per heavy atom. The molecule has 104 valence electrons. The molecule has 0 saturated heterocycles. The standard InChI is InChI=1S/C13H25N3O2/c1-4-14-13(16-11-9-10(11)2)15-8-6-5-7-12(17)18-3/h10-11H,4-9H2,1-3H3,(H2,14,15,16). The monoisotopic (exact) mass is 255 g/mol. The molecule has 0 amide bonds. The Morgan fingerprint density at radius 1 is 1.44 bits per heavy atom. The first-order valence-corrected chi connectivity index (χ1v) is 6.79. The first-order chi connectivity index (χ1) is 8.67. The molecular formula is C13H25N3O2. The molecule has 2 unspecified atom stereocenters. The van der Waals surface area contributed by atoms with Crippen LogP contribution in [0.2, 0.25) is 0 Å². The topological polar surface area (TPSA) is 62.7 Å². The number of rotatable bonds is 7. The van der Waals surface area contributed by atoms with E-state index in [1.807, 2.05) is 0 Å². The Bertz CT molecular complexity index is 292. The van der Waals surface area contributed by atoms with Crippen LogP contribution >= 0.6 is 0 Å². The molecule has 18 heavy (non-hydrogen) atoms. The highest BCUT2D eigenvalue weighted by Gasteiger charge is 2.33. The number of ether oxygens (including phenoxy) is 1. The Hall–Kier alpha value is -1.26. The zero-order valence-corrected chi connectivity index (χ0v) is 11.7. The van der Waals surface area contributed by atoms with Gasteiger partial charge in [0.15, 0.2) is 5.96 Å². The molecule has 1 saturated carbocycles. The van der Waals surface area contributed by atoms with Crippen LogP contribution in [0.3, 0.4) is 0 Å². The predicted molar refractivity (Wildman–Crippen MR) is 72.6 cm³/mol. The van der Waals surface area contributed by atoms with Gasteiger partial charge in [-0.15, -0.1) is 0 Å². The molecule has 1 aliphatic rings. The number of aliphatic imine (C=N–C) groups is 1. The van der Waals surface area contributed by atoms with Crippen molar-refractivity contribution in [1.82, 2.24) is 10.6 Å². The Labute approximate surface area is 109 Å². The van der Waals surface area contributed by atoms with Crippen molar-refractivity contribution in [3.8, 4) is 0 Å². The van der Waals surface area contributed by atoms with Crippen molar-refractivity contribution in [2.24, 2.45) is 10.9 Å². The van der Waals surface area contributed by atoms with Crippen molar-refractivity contribution in [2.75, 3.05) is 20.2 Å². The minimum atomic E-state index is -0.143. The van der Waals surface area contributed by atoms with Gasteiger partial charge < -0.3 is 15.4 Å². The molecule has 2 atom stereocenters. The van der Waals surface area contributed by atoms with E-state index in [1.54, 1.807) is 0 Å². The highest BCUT2D eigenvalue weighted by Crippen LogP contribution is 2.28. The fourth-order valence-electron chi connectivity index (χ4n) is 1.69. The van der Waals surface area contributed by atoms with E-state index >= 15 is 0 Å². The first kappa shape index (κ1) is 14.8. The predicted octanol–water partition coefficient (Wildman–Crippen LogP) is 1.29. The molecule has 1 fully saturated rings. The third kappa shape index (κ3) is 5.89. The Kier molecular flexibility index (Phi) is 6.54. The van der Waals surface area contributed by atoms with E-state index in [4.69, 9.17) is 0 Å². The summed E-state index contributed by atoms with van der Waals surface area (Å²) in [6, 6.07) is 0.581. The van der Waals surface area contributed by atoms with Crippen molar-refractivity contribution in [1.29, 1.82) is 0 Å². The van der Waals surface area contributed by atoms with Gasteiger partial charge in [0.25, 0.3) is 0 Å². The van der Waals surface area contributed by atoms with Crippen LogP contribution in [0.15, 0.2) is 4.99 Å². The van der Waals surface area contributed by atoms with Gasteiger partial charge in [-0.3, -0.25) is 9.79 Å². The van der Waals surface area contributed by atoms with E-state index in [1.165, 1.54) is 13.5 Å². The molecule has 0 radical (unpaired) electrons. The van der Waals surface area contributed by atoms with Crippen LogP contribution in [0.4, 0.5) is 0 Å². The fourth-order valence-corrected chi connectivity index (χ4v) is 1.69. The minimum Gasteiger partial charge on any atom is -0.469 e. The fraction of sp³-hybridized carbons (Fsp3) is 0.846. The summed E-state index contributed by atoms with van der Waals surface area (Å²) < 4.78 is 4.59. The molecule has 5 heteroatoms. The lowest BCUT2D eigenvalue weighted by molar-refractivity contribution is -0.140. The molecule has 1 rings (SSSR count). The SMILES string of the molecule is CCNC(=NCCCCC(=O)OC)NC1CC1C. The van der Waals surface area contributed by atoms with Crippen LogP contribution in [0, 0.1) is 5.92 Å². The molecular weight excluding hydrogens is 230 g/mol. The quantitative estimate of drug-likeness (QED) is 0.311. The average molecular weight is 255 g/mol. The van der Waals surface area contributed by atoms with E-state index in [-0.39, 0.29) is 5.97 Å². The van der Waals surface area contributed by atoms with Crippen molar-refractivity contribution in [3.05, 3.63) is 0 Å². The Balaban J connectivity index is 2.16. The van der Waals surface area contributed by atoms with Crippen LogP contribution in [-0.2, 0) is 9.53 Å².